The van der Waals surface area contributed by atoms with Crippen molar-refractivity contribution in [2.45, 2.75) is 116 Å². The van der Waals surface area contributed by atoms with Crippen LogP contribution in [-0.4, -0.2) is 46.3 Å². The Hall–Kier alpha value is -1.38. The number of allylic oxidation sites excluding steroid dienone is 3. The van der Waals surface area contributed by atoms with Crippen molar-refractivity contribution in [1.82, 2.24) is 0 Å². The number of hydrogen-bond acceptors (Lipinski definition) is 4. The molecule has 0 heterocycles. The minimum absolute atomic E-state index is 0.126. The van der Waals surface area contributed by atoms with E-state index in [1.165, 1.54) is 31.3 Å². The van der Waals surface area contributed by atoms with Crippen molar-refractivity contribution in [3.63, 3.8) is 0 Å². The fourth-order valence-corrected chi connectivity index (χ4v) is 7.04. The second-order valence-electron chi connectivity index (χ2n) is 11.6. The van der Waals surface area contributed by atoms with E-state index in [1.807, 2.05) is 13.8 Å². The highest BCUT2D eigenvalue weighted by Crippen LogP contribution is 2.59. The molecule has 3 aliphatic carbocycles. The van der Waals surface area contributed by atoms with Crippen LogP contribution in [0.15, 0.2) is 35.5 Å². The van der Waals surface area contributed by atoms with Crippen LogP contribution in [0, 0.1) is 35.0 Å². The number of hydrogen-bond donors (Lipinski definition) is 3. The van der Waals surface area contributed by atoms with Gasteiger partial charge in [-0.3, -0.25) is 0 Å². The smallest absolute Gasteiger partial charge is 0.120 e. The fourth-order valence-electron chi connectivity index (χ4n) is 7.04. The molecule has 7 atom stereocenters. The van der Waals surface area contributed by atoms with E-state index in [9.17, 15) is 15.3 Å². The number of rotatable bonds is 7. The number of fused-ring (bicyclic) bond motifs is 1. The number of aliphatic hydroxyl groups excluding tert-OH is 2. The SMILES string of the molecule is C=C1/C(=C\C=C2/CCC[C@]3(C)[C@@H]([C@H](C)[C@H](C#CCC(O)(CC)CC)OC)CC[C@@H]23)C[C@@H](O)C[C@@H]1O. The predicted octanol–water partition coefficient (Wildman–Crippen LogP) is 5.72. The van der Waals surface area contributed by atoms with Gasteiger partial charge in [-0.25, -0.2) is 0 Å². The molecule has 0 saturated heterocycles. The summed E-state index contributed by atoms with van der Waals surface area (Å²) in [6.45, 7) is 12.9. The molecule has 3 fully saturated rings. The number of methoxy groups -OCH3 is 1. The van der Waals surface area contributed by atoms with E-state index in [1.54, 1.807) is 7.11 Å². The van der Waals surface area contributed by atoms with Crippen molar-refractivity contribution >= 4 is 0 Å². The summed E-state index contributed by atoms with van der Waals surface area (Å²) in [5.41, 5.74) is 2.75. The van der Waals surface area contributed by atoms with E-state index in [2.05, 4.69) is 44.4 Å². The van der Waals surface area contributed by atoms with Gasteiger partial charge in [0.05, 0.1) is 17.8 Å². The van der Waals surface area contributed by atoms with E-state index in [0.29, 0.717) is 49.9 Å². The highest BCUT2D eigenvalue weighted by atomic mass is 16.5. The number of ether oxygens (including phenoxy) is 1. The van der Waals surface area contributed by atoms with Crippen molar-refractivity contribution < 1.29 is 20.1 Å². The molecular weight excluding hydrogens is 436 g/mol. The van der Waals surface area contributed by atoms with Crippen LogP contribution < -0.4 is 0 Å². The van der Waals surface area contributed by atoms with Gasteiger partial charge in [-0.15, -0.1) is 0 Å². The summed E-state index contributed by atoms with van der Waals surface area (Å²) in [6.07, 6.45) is 11.9. The van der Waals surface area contributed by atoms with Gasteiger partial charge in [-0.1, -0.05) is 63.8 Å². The molecule has 4 heteroatoms. The van der Waals surface area contributed by atoms with Crippen molar-refractivity contribution in [3.8, 4) is 11.8 Å². The van der Waals surface area contributed by atoms with E-state index in [0.717, 1.165) is 17.6 Å². The normalized spacial score (nSPS) is 35.5. The maximum atomic E-state index is 10.6. The Labute approximate surface area is 213 Å². The molecule has 0 unspecified atom stereocenters. The predicted molar refractivity (Wildman–Crippen MR) is 143 cm³/mol. The Morgan fingerprint density at radius 1 is 1.23 bits per heavy atom. The molecule has 0 bridgehead atoms. The van der Waals surface area contributed by atoms with Gasteiger partial charge in [0.15, 0.2) is 0 Å². The molecule has 196 valence electrons. The molecule has 0 aromatic carbocycles. The zero-order valence-electron chi connectivity index (χ0n) is 22.6. The third-order valence-electron chi connectivity index (χ3n) is 9.65. The second kappa shape index (κ2) is 11.8. The van der Waals surface area contributed by atoms with Gasteiger partial charge in [0.2, 0.25) is 0 Å². The first-order valence-electron chi connectivity index (χ1n) is 13.8. The number of aliphatic hydroxyl groups is 3. The molecule has 0 aromatic rings. The maximum absolute atomic E-state index is 10.6. The van der Waals surface area contributed by atoms with Crippen molar-refractivity contribution in [2.75, 3.05) is 7.11 Å². The lowest BCUT2D eigenvalue weighted by atomic mass is 9.60. The quantitative estimate of drug-likeness (QED) is 0.404. The van der Waals surface area contributed by atoms with Gasteiger partial charge < -0.3 is 20.1 Å². The van der Waals surface area contributed by atoms with Gasteiger partial charge >= 0.3 is 0 Å². The fraction of sp³-hybridized carbons (Fsp3) is 0.742. The monoisotopic (exact) mass is 484 g/mol. The van der Waals surface area contributed by atoms with Gasteiger partial charge in [-0.05, 0) is 85.7 Å². The molecule has 3 N–H and O–H groups in total. The Morgan fingerprint density at radius 2 is 1.94 bits per heavy atom. The van der Waals surface area contributed by atoms with Gasteiger partial charge in [0, 0.05) is 20.0 Å². The lowest BCUT2D eigenvalue weighted by molar-refractivity contribution is 0.0224. The zero-order chi connectivity index (χ0) is 25.8. The van der Waals surface area contributed by atoms with Gasteiger partial charge in [-0.2, -0.15) is 0 Å². The largest absolute Gasteiger partial charge is 0.393 e. The Bertz CT molecular complexity index is 870. The Morgan fingerprint density at radius 3 is 2.60 bits per heavy atom. The van der Waals surface area contributed by atoms with Crippen LogP contribution in [-0.2, 0) is 4.74 Å². The molecule has 0 amide bonds. The average molecular weight is 485 g/mol. The topological polar surface area (TPSA) is 69.9 Å². The molecular formula is C31H48O4. The summed E-state index contributed by atoms with van der Waals surface area (Å²) in [5.74, 6) is 8.01. The van der Waals surface area contributed by atoms with E-state index in [4.69, 9.17) is 4.74 Å². The summed E-state index contributed by atoms with van der Waals surface area (Å²) in [4.78, 5) is 0. The zero-order valence-corrected chi connectivity index (χ0v) is 22.6. The van der Waals surface area contributed by atoms with Crippen LogP contribution in [0.5, 0.6) is 0 Å². The van der Waals surface area contributed by atoms with Crippen molar-refractivity contribution in [1.29, 1.82) is 0 Å². The van der Waals surface area contributed by atoms with Crippen molar-refractivity contribution in [2.24, 2.45) is 23.2 Å². The van der Waals surface area contributed by atoms with Gasteiger partial charge in [0.1, 0.15) is 6.10 Å². The second-order valence-corrected chi connectivity index (χ2v) is 11.6. The molecule has 3 saturated carbocycles. The van der Waals surface area contributed by atoms with Crippen LogP contribution in [0.2, 0.25) is 0 Å². The molecule has 0 aliphatic heterocycles. The lowest BCUT2D eigenvalue weighted by Crippen LogP contribution is -2.39. The maximum Gasteiger partial charge on any atom is 0.120 e. The molecule has 0 radical (unpaired) electrons. The first-order valence-corrected chi connectivity index (χ1v) is 13.8. The highest BCUT2D eigenvalue weighted by Gasteiger charge is 2.51. The summed E-state index contributed by atoms with van der Waals surface area (Å²) >= 11 is 0. The summed E-state index contributed by atoms with van der Waals surface area (Å²) in [5, 5.41) is 30.9. The van der Waals surface area contributed by atoms with Crippen LogP contribution in [0.4, 0.5) is 0 Å². The Kier molecular flexibility index (Phi) is 9.49. The summed E-state index contributed by atoms with van der Waals surface area (Å²) in [6, 6.07) is 0. The van der Waals surface area contributed by atoms with Crippen LogP contribution in [0.3, 0.4) is 0 Å². The first-order chi connectivity index (χ1) is 16.6. The van der Waals surface area contributed by atoms with E-state index in [-0.39, 0.29) is 11.5 Å². The molecule has 3 aliphatic rings. The summed E-state index contributed by atoms with van der Waals surface area (Å²) in [7, 11) is 1.76. The average Bonchev–Trinajstić information content (AvgIpc) is 3.20. The molecule has 35 heavy (non-hydrogen) atoms. The molecule has 0 aromatic heterocycles. The standard InChI is InChI=1S/C31H48O4/c1-7-31(34,8-2)18-10-12-29(35-6)22(4)26-15-16-27-23(11-9-17-30(26,27)5)13-14-24-19-25(32)20-28(33)21(24)3/h13-14,22,25-29,32-34H,3,7-9,11,15-20H2,1-2,4-6H3/b23-13+,24-14-/t22-,25+,26+,27-,28-,29-,30+/m0/s1. The first kappa shape index (κ1) is 28.2. The molecule has 3 rings (SSSR count). The molecule has 4 nitrogen and oxygen atoms in total. The Balaban J connectivity index is 1.76. The van der Waals surface area contributed by atoms with Crippen LogP contribution in [0.1, 0.15) is 91.9 Å². The van der Waals surface area contributed by atoms with Crippen LogP contribution in [0.25, 0.3) is 0 Å². The van der Waals surface area contributed by atoms with Crippen molar-refractivity contribution in [3.05, 3.63) is 35.5 Å². The minimum Gasteiger partial charge on any atom is -0.393 e. The third-order valence-corrected chi connectivity index (χ3v) is 9.65. The summed E-state index contributed by atoms with van der Waals surface area (Å²) < 4.78 is 5.88. The third kappa shape index (κ3) is 6.13. The van der Waals surface area contributed by atoms with Gasteiger partial charge in [0.25, 0.3) is 0 Å². The van der Waals surface area contributed by atoms with Crippen LogP contribution >= 0.6 is 0 Å². The molecule has 0 spiro atoms. The lowest BCUT2D eigenvalue weighted by Gasteiger charge is -2.45. The van der Waals surface area contributed by atoms with E-state index < -0.39 is 17.8 Å². The van der Waals surface area contributed by atoms with E-state index >= 15 is 0 Å². The minimum atomic E-state index is -0.702. The highest BCUT2D eigenvalue weighted by molar-refractivity contribution is 5.38.